The third-order valence-corrected chi connectivity index (χ3v) is 5.03. The number of benzene rings is 3. The van der Waals surface area contributed by atoms with Crippen molar-refractivity contribution in [1.82, 2.24) is 0 Å². The number of halogens is 1. The fourth-order valence-electron chi connectivity index (χ4n) is 3.30. The molecule has 28 heavy (non-hydrogen) atoms. The largest absolute Gasteiger partial charge is 0.508 e. The summed E-state index contributed by atoms with van der Waals surface area (Å²) in [6, 6.07) is 20.4. The molecule has 0 fully saturated rings. The fourth-order valence-corrected chi connectivity index (χ4v) is 3.63. The predicted octanol–water partition coefficient (Wildman–Crippen LogP) is 6.13. The molecule has 0 aliphatic rings. The van der Waals surface area contributed by atoms with E-state index in [-0.39, 0.29) is 5.75 Å². The van der Waals surface area contributed by atoms with Crippen LogP contribution in [0.3, 0.4) is 0 Å². The van der Waals surface area contributed by atoms with Gasteiger partial charge in [-0.2, -0.15) is 5.90 Å². The van der Waals surface area contributed by atoms with E-state index in [1.54, 1.807) is 24.3 Å². The van der Waals surface area contributed by atoms with E-state index in [2.05, 4.69) is 6.58 Å². The Morgan fingerprint density at radius 1 is 0.929 bits per heavy atom. The smallest absolute Gasteiger partial charge is 0.162 e. The summed E-state index contributed by atoms with van der Waals surface area (Å²) >= 11 is 6.52. The zero-order chi connectivity index (χ0) is 20.3. The van der Waals surface area contributed by atoms with E-state index < -0.39 is 0 Å². The van der Waals surface area contributed by atoms with Crippen molar-refractivity contribution in [2.45, 2.75) is 13.8 Å². The topological polar surface area (TPSA) is 55.5 Å². The average Bonchev–Trinajstić information content (AvgIpc) is 2.67. The molecule has 142 valence electrons. The maximum Gasteiger partial charge on any atom is 0.162 e. The normalized spacial score (nSPS) is 11.7. The van der Waals surface area contributed by atoms with Gasteiger partial charge in [0.2, 0.25) is 0 Å². The molecular weight excluding hydrogens is 370 g/mol. The molecule has 0 amide bonds. The molecule has 3 N–H and O–H groups in total. The lowest BCUT2D eigenvalue weighted by Crippen LogP contribution is -2.05. The van der Waals surface area contributed by atoms with Crippen molar-refractivity contribution >= 4 is 28.5 Å². The molecule has 3 rings (SSSR count). The van der Waals surface area contributed by atoms with E-state index in [0.717, 1.165) is 33.4 Å². The minimum Gasteiger partial charge on any atom is -0.508 e. The zero-order valence-electron chi connectivity index (χ0n) is 15.9. The molecule has 3 nitrogen and oxygen atoms in total. The summed E-state index contributed by atoms with van der Waals surface area (Å²) in [4.78, 5) is 5.36. The predicted molar refractivity (Wildman–Crippen MR) is 117 cm³/mol. The second-order valence-corrected chi connectivity index (χ2v) is 7.00. The molecule has 3 aromatic rings. The summed E-state index contributed by atoms with van der Waals surface area (Å²) in [5.74, 6) is 6.35. The van der Waals surface area contributed by atoms with Crippen LogP contribution in [0, 0.1) is 13.8 Å². The molecule has 0 radical (unpaired) electrons. The van der Waals surface area contributed by atoms with Gasteiger partial charge in [0.1, 0.15) is 5.75 Å². The molecule has 0 aromatic heterocycles. The molecule has 0 saturated heterocycles. The Kier molecular flexibility index (Phi) is 5.88. The van der Waals surface area contributed by atoms with Crippen LogP contribution in [0.1, 0.15) is 27.8 Å². The van der Waals surface area contributed by atoms with Crippen molar-refractivity contribution in [3.8, 4) is 5.75 Å². The number of aryl methyl sites for hydroxylation is 2. The van der Waals surface area contributed by atoms with Gasteiger partial charge in [0.05, 0.1) is 0 Å². The maximum atomic E-state index is 9.65. The molecule has 0 heterocycles. The lowest BCUT2D eigenvalue weighted by molar-refractivity contribution is 0.292. The molecular formula is C24H22ClNO2. The molecule has 0 saturated carbocycles. The van der Waals surface area contributed by atoms with Crippen LogP contribution in [0.15, 0.2) is 73.3 Å². The number of nitrogens with two attached hydrogens (primary N) is 1. The highest BCUT2D eigenvalue weighted by atomic mass is 35.5. The molecule has 0 spiro atoms. The Morgan fingerprint density at radius 2 is 1.57 bits per heavy atom. The van der Waals surface area contributed by atoms with Crippen LogP contribution < -0.4 is 5.90 Å². The van der Waals surface area contributed by atoms with Gasteiger partial charge in [0.25, 0.3) is 0 Å². The van der Waals surface area contributed by atoms with Crippen LogP contribution in [0.5, 0.6) is 5.75 Å². The van der Waals surface area contributed by atoms with Crippen molar-refractivity contribution < 1.29 is 9.94 Å². The minimum atomic E-state index is 0.165. The second-order valence-electron chi connectivity index (χ2n) is 6.59. The molecule has 4 heteroatoms. The molecule has 0 aliphatic heterocycles. The monoisotopic (exact) mass is 391 g/mol. The summed E-state index contributed by atoms with van der Waals surface area (Å²) in [6.07, 6.45) is 0. The lowest BCUT2D eigenvalue weighted by atomic mass is 9.87. The molecule has 0 atom stereocenters. The number of phenolic OH excluding ortho intramolecular Hbond substituents is 1. The van der Waals surface area contributed by atoms with E-state index >= 15 is 0 Å². The van der Waals surface area contributed by atoms with Gasteiger partial charge in [-0.25, -0.2) is 0 Å². The quantitative estimate of drug-likeness (QED) is 0.238. The van der Waals surface area contributed by atoms with E-state index in [4.69, 9.17) is 22.3 Å². The SMILES string of the molecule is C=C(/C(=C(\ON)c1ccc(O)cc1)c1ccccc1C)c1c(C)cccc1Cl. The molecule has 0 unspecified atom stereocenters. The molecule has 0 aliphatic carbocycles. The van der Waals surface area contributed by atoms with Crippen LogP contribution in [0.2, 0.25) is 5.02 Å². The van der Waals surface area contributed by atoms with E-state index in [0.29, 0.717) is 16.4 Å². The standard InChI is InChI=1S/C24H22ClNO2/c1-15-7-4-5-9-20(15)23(17(3)22-16(2)8-6-10-21(22)25)24(28-26)18-11-13-19(27)14-12-18/h4-14,27H,3,26H2,1-2H3/b24-23+. The number of aromatic hydroxyl groups is 1. The van der Waals surface area contributed by atoms with Crippen molar-refractivity contribution in [3.63, 3.8) is 0 Å². The second kappa shape index (κ2) is 8.34. The van der Waals surface area contributed by atoms with Crippen LogP contribution in [0.25, 0.3) is 16.9 Å². The van der Waals surface area contributed by atoms with Gasteiger partial charge in [-0.15, -0.1) is 0 Å². The zero-order valence-corrected chi connectivity index (χ0v) is 16.6. The minimum absolute atomic E-state index is 0.165. The first-order valence-corrected chi connectivity index (χ1v) is 9.23. The van der Waals surface area contributed by atoms with Gasteiger partial charge in [-0.05, 0) is 66.4 Å². The maximum absolute atomic E-state index is 9.65. The lowest BCUT2D eigenvalue weighted by Gasteiger charge is -2.20. The van der Waals surface area contributed by atoms with Gasteiger partial charge in [-0.3, -0.25) is 0 Å². The average molecular weight is 392 g/mol. The number of rotatable bonds is 5. The number of hydrogen-bond donors (Lipinski definition) is 2. The van der Waals surface area contributed by atoms with E-state index in [9.17, 15) is 5.11 Å². The van der Waals surface area contributed by atoms with Crippen molar-refractivity contribution in [3.05, 3.63) is 106 Å². The summed E-state index contributed by atoms with van der Waals surface area (Å²) in [5, 5.41) is 10.3. The summed E-state index contributed by atoms with van der Waals surface area (Å²) in [7, 11) is 0. The first-order chi connectivity index (χ1) is 13.4. The van der Waals surface area contributed by atoms with E-state index in [1.807, 2.05) is 56.3 Å². The van der Waals surface area contributed by atoms with E-state index in [1.165, 1.54) is 0 Å². The Bertz CT molecular complexity index is 1030. The van der Waals surface area contributed by atoms with Gasteiger partial charge >= 0.3 is 0 Å². The molecule has 0 bridgehead atoms. The summed E-state index contributed by atoms with van der Waals surface area (Å²) < 4.78 is 0. The van der Waals surface area contributed by atoms with Gasteiger partial charge in [-0.1, -0.05) is 54.6 Å². The Morgan fingerprint density at radius 3 is 2.18 bits per heavy atom. The third kappa shape index (κ3) is 3.81. The van der Waals surface area contributed by atoms with Gasteiger partial charge < -0.3 is 9.94 Å². The summed E-state index contributed by atoms with van der Waals surface area (Å²) in [6.45, 7) is 8.36. The Hall–Kier alpha value is -3.01. The van der Waals surface area contributed by atoms with Gasteiger partial charge in [0.15, 0.2) is 5.76 Å². The van der Waals surface area contributed by atoms with Gasteiger partial charge in [0, 0.05) is 21.7 Å². The van der Waals surface area contributed by atoms with Crippen LogP contribution in [0.4, 0.5) is 0 Å². The first-order valence-electron chi connectivity index (χ1n) is 8.85. The number of hydrogen-bond acceptors (Lipinski definition) is 3. The van der Waals surface area contributed by atoms with Crippen molar-refractivity contribution in [1.29, 1.82) is 0 Å². The highest BCUT2D eigenvalue weighted by molar-refractivity contribution is 6.34. The first kappa shape index (κ1) is 19.7. The highest BCUT2D eigenvalue weighted by Crippen LogP contribution is 2.41. The van der Waals surface area contributed by atoms with Crippen LogP contribution in [-0.2, 0) is 4.84 Å². The number of phenols is 1. The van der Waals surface area contributed by atoms with Crippen LogP contribution >= 0.6 is 11.6 Å². The summed E-state index contributed by atoms with van der Waals surface area (Å²) in [5.41, 5.74) is 6.04. The Labute approximate surface area is 170 Å². The van der Waals surface area contributed by atoms with Crippen molar-refractivity contribution in [2.24, 2.45) is 5.90 Å². The number of allylic oxidation sites excluding steroid dienone is 2. The molecule has 3 aromatic carbocycles. The van der Waals surface area contributed by atoms with Crippen LogP contribution in [-0.4, -0.2) is 5.11 Å². The highest BCUT2D eigenvalue weighted by Gasteiger charge is 2.21. The van der Waals surface area contributed by atoms with Crippen molar-refractivity contribution in [2.75, 3.05) is 0 Å². The Balaban J connectivity index is 2.33. The third-order valence-electron chi connectivity index (χ3n) is 4.71. The fraction of sp³-hybridized carbons (Fsp3) is 0.0833.